The quantitative estimate of drug-likeness (QED) is 0.673. The Morgan fingerprint density at radius 1 is 1.38 bits per heavy atom. The van der Waals surface area contributed by atoms with Crippen molar-refractivity contribution in [2.24, 2.45) is 5.73 Å². The molecule has 0 bridgehead atoms. The van der Waals surface area contributed by atoms with Crippen molar-refractivity contribution < 1.29 is 8.42 Å². The summed E-state index contributed by atoms with van der Waals surface area (Å²) in [6, 6.07) is 0.181. The summed E-state index contributed by atoms with van der Waals surface area (Å²) in [4.78, 5) is 2.13. The molecule has 13 heavy (non-hydrogen) atoms. The number of nitrogens with two attached hydrogens (primary N) is 1. The maximum absolute atomic E-state index is 11.1. The minimum Gasteiger partial charge on any atom is -0.327 e. The monoisotopic (exact) mass is 206 g/mol. The van der Waals surface area contributed by atoms with E-state index in [1.54, 1.807) is 0 Å². The number of rotatable bonds is 3. The Hall–Kier alpha value is -0.130. The molecule has 0 spiro atoms. The van der Waals surface area contributed by atoms with Crippen LogP contribution in [0.3, 0.4) is 0 Å². The van der Waals surface area contributed by atoms with E-state index in [4.69, 9.17) is 5.73 Å². The van der Waals surface area contributed by atoms with Gasteiger partial charge in [0.05, 0.1) is 11.5 Å². The Balaban J connectivity index is 2.33. The molecule has 0 aliphatic carbocycles. The number of hydrogen-bond acceptors (Lipinski definition) is 4. The molecule has 1 atom stereocenters. The Kier molecular flexibility index (Phi) is 3.70. The smallest absolute Gasteiger partial charge is 0.152 e. The lowest BCUT2D eigenvalue weighted by atomic mass is 10.2. The van der Waals surface area contributed by atoms with Gasteiger partial charge in [-0.25, -0.2) is 8.42 Å². The zero-order valence-corrected chi connectivity index (χ0v) is 8.89. The number of hydrogen-bond donors (Lipinski definition) is 1. The van der Waals surface area contributed by atoms with E-state index in [0.717, 1.165) is 13.0 Å². The van der Waals surface area contributed by atoms with E-state index in [1.807, 2.05) is 6.92 Å². The van der Waals surface area contributed by atoms with Crippen molar-refractivity contribution >= 4 is 9.84 Å². The third-order valence-electron chi connectivity index (χ3n) is 2.45. The van der Waals surface area contributed by atoms with E-state index in [9.17, 15) is 8.42 Å². The molecule has 0 radical (unpaired) electrons. The van der Waals surface area contributed by atoms with Gasteiger partial charge in [-0.2, -0.15) is 0 Å². The third kappa shape index (κ3) is 3.62. The molecule has 0 aromatic carbocycles. The summed E-state index contributed by atoms with van der Waals surface area (Å²) in [5, 5.41) is 0. The predicted octanol–water partition coefficient (Wildman–Crippen LogP) is -0.546. The van der Waals surface area contributed by atoms with Crippen LogP contribution >= 0.6 is 0 Å². The third-order valence-corrected chi connectivity index (χ3v) is 4.06. The van der Waals surface area contributed by atoms with Crippen LogP contribution in [0, 0.1) is 0 Å². The summed E-state index contributed by atoms with van der Waals surface area (Å²) >= 11 is 0. The van der Waals surface area contributed by atoms with E-state index in [2.05, 4.69) is 4.90 Å². The molecule has 1 heterocycles. The molecule has 78 valence electrons. The van der Waals surface area contributed by atoms with Crippen LogP contribution in [0.15, 0.2) is 0 Å². The Labute approximate surface area is 80.0 Å². The maximum atomic E-state index is 11.1. The van der Waals surface area contributed by atoms with Gasteiger partial charge < -0.3 is 5.73 Å². The lowest BCUT2D eigenvalue weighted by Gasteiger charge is -2.28. The van der Waals surface area contributed by atoms with Crippen LogP contribution in [0.4, 0.5) is 0 Å². The summed E-state index contributed by atoms with van der Waals surface area (Å²) < 4.78 is 22.2. The molecule has 0 amide bonds. The topological polar surface area (TPSA) is 63.4 Å². The molecule has 1 aliphatic rings. The average Bonchev–Trinajstić information content (AvgIpc) is 2.08. The minimum atomic E-state index is -2.74. The molecule has 0 aromatic heterocycles. The first kappa shape index (κ1) is 10.9. The van der Waals surface area contributed by atoms with Crippen molar-refractivity contribution in [2.45, 2.75) is 19.4 Å². The highest BCUT2D eigenvalue weighted by molar-refractivity contribution is 7.91. The normalized spacial score (nSPS) is 25.7. The van der Waals surface area contributed by atoms with E-state index in [-0.39, 0.29) is 6.04 Å². The standard InChI is InChI=1S/C8H18N2O2S/c1-2-8(9)7-10-3-5-13(11,12)6-4-10/h8H,2-7,9H2,1H3/t8-/m0/s1. The van der Waals surface area contributed by atoms with Gasteiger partial charge in [0, 0.05) is 25.7 Å². The second kappa shape index (κ2) is 4.39. The fourth-order valence-corrected chi connectivity index (χ4v) is 2.67. The second-order valence-electron chi connectivity index (χ2n) is 3.62. The summed E-state index contributed by atoms with van der Waals surface area (Å²) in [5.74, 6) is 0.590. The molecule has 1 aliphatic heterocycles. The lowest BCUT2D eigenvalue weighted by Crippen LogP contribution is -2.45. The van der Waals surface area contributed by atoms with Crippen molar-refractivity contribution in [1.82, 2.24) is 4.90 Å². The molecule has 1 rings (SSSR count). The summed E-state index contributed by atoms with van der Waals surface area (Å²) in [6.07, 6.45) is 0.948. The van der Waals surface area contributed by atoms with Gasteiger partial charge in [0.1, 0.15) is 0 Å². The lowest BCUT2D eigenvalue weighted by molar-refractivity contribution is 0.274. The van der Waals surface area contributed by atoms with Crippen LogP contribution in [0.2, 0.25) is 0 Å². The van der Waals surface area contributed by atoms with Crippen molar-refractivity contribution in [1.29, 1.82) is 0 Å². The maximum Gasteiger partial charge on any atom is 0.152 e. The van der Waals surface area contributed by atoms with Crippen LogP contribution in [0.1, 0.15) is 13.3 Å². The van der Waals surface area contributed by atoms with E-state index >= 15 is 0 Å². The van der Waals surface area contributed by atoms with Gasteiger partial charge in [0.15, 0.2) is 9.84 Å². The highest BCUT2D eigenvalue weighted by atomic mass is 32.2. The van der Waals surface area contributed by atoms with Crippen LogP contribution in [0.25, 0.3) is 0 Å². The largest absolute Gasteiger partial charge is 0.327 e. The van der Waals surface area contributed by atoms with Crippen LogP contribution in [-0.2, 0) is 9.84 Å². The van der Waals surface area contributed by atoms with Crippen molar-refractivity contribution in [3.05, 3.63) is 0 Å². The molecule has 0 saturated carbocycles. The molecule has 0 aromatic rings. The van der Waals surface area contributed by atoms with Crippen molar-refractivity contribution in [2.75, 3.05) is 31.1 Å². The van der Waals surface area contributed by atoms with Crippen LogP contribution in [-0.4, -0.2) is 50.5 Å². The molecule has 2 N–H and O–H groups in total. The Bertz CT molecular complexity index is 237. The van der Waals surface area contributed by atoms with Crippen LogP contribution in [0.5, 0.6) is 0 Å². The second-order valence-corrected chi connectivity index (χ2v) is 5.92. The van der Waals surface area contributed by atoms with E-state index in [0.29, 0.717) is 24.6 Å². The molecule has 1 saturated heterocycles. The van der Waals surface area contributed by atoms with Gasteiger partial charge >= 0.3 is 0 Å². The molecule has 1 fully saturated rings. The number of sulfone groups is 1. The summed E-state index contributed by atoms with van der Waals surface area (Å²) in [6.45, 7) is 4.17. The first-order valence-electron chi connectivity index (χ1n) is 4.72. The van der Waals surface area contributed by atoms with Gasteiger partial charge in [-0.05, 0) is 6.42 Å². The molecular formula is C8H18N2O2S. The highest BCUT2D eigenvalue weighted by Crippen LogP contribution is 2.04. The zero-order valence-electron chi connectivity index (χ0n) is 8.07. The van der Waals surface area contributed by atoms with Gasteiger partial charge in [-0.1, -0.05) is 6.92 Å². The van der Waals surface area contributed by atoms with Crippen LogP contribution < -0.4 is 5.73 Å². The first-order chi connectivity index (χ1) is 6.03. The van der Waals surface area contributed by atoms with E-state index < -0.39 is 9.84 Å². The molecule has 0 unspecified atom stereocenters. The predicted molar refractivity (Wildman–Crippen MR) is 53.4 cm³/mol. The van der Waals surface area contributed by atoms with E-state index in [1.165, 1.54) is 0 Å². The highest BCUT2D eigenvalue weighted by Gasteiger charge is 2.21. The first-order valence-corrected chi connectivity index (χ1v) is 6.54. The average molecular weight is 206 g/mol. The summed E-state index contributed by atoms with van der Waals surface area (Å²) in [5.41, 5.74) is 5.78. The molecule has 4 nitrogen and oxygen atoms in total. The SMILES string of the molecule is CC[C@H](N)CN1CCS(=O)(=O)CC1. The van der Waals surface area contributed by atoms with Crippen molar-refractivity contribution in [3.63, 3.8) is 0 Å². The summed E-state index contributed by atoms with van der Waals surface area (Å²) in [7, 11) is -2.74. The fraction of sp³-hybridized carbons (Fsp3) is 1.00. The molecular weight excluding hydrogens is 188 g/mol. The zero-order chi connectivity index (χ0) is 9.90. The molecule has 5 heteroatoms. The Morgan fingerprint density at radius 2 is 1.92 bits per heavy atom. The van der Waals surface area contributed by atoms with Gasteiger partial charge in [-0.3, -0.25) is 4.90 Å². The fourth-order valence-electron chi connectivity index (χ4n) is 1.39. The minimum absolute atomic E-state index is 0.181. The van der Waals surface area contributed by atoms with Gasteiger partial charge in [0.2, 0.25) is 0 Å². The van der Waals surface area contributed by atoms with Crippen molar-refractivity contribution in [3.8, 4) is 0 Å². The van der Waals surface area contributed by atoms with Gasteiger partial charge in [-0.15, -0.1) is 0 Å². The number of nitrogens with zero attached hydrogens (tertiary/aromatic N) is 1. The Morgan fingerprint density at radius 3 is 2.38 bits per heavy atom. The van der Waals surface area contributed by atoms with Gasteiger partial charge in [0.25, 0.3) is 0 Å².